The summed E-state index contributed by atoms with van der Waals surface area (Å²) in [5.41, 5.74) is 9.94. The molecular formula is C32H32N8O4. The van der Waals surface area contributed by atoms with Crippen LogP contribution in [0.15, 0.2) is 77.7 Å². The van der Waals surface area contributed by atoms with E-state index >= 15 is 0 Å². The topological polar surface area (TPSA) is 142 Å². The van der Waals surface area contributed by atoms with Crippen molar-refractivity contribution in [2.75, 3.05) is 43.3 Å². The zero-order valence-electron chi connectivity index (χ0n) is 24.8. The molecule has 1 saturated heterocycles. The van der Waals surface area contributed by atoms with E-state index in [-0.39, 0.29) is 17.5 Å². The second kappa shape index (κ2) is 11.7. The van der Waals surface area contributed by atoms with Crippen molar-refractivity contribution in [2.45, 2.75) is 13.0 Å². The number of methoxy groups -OCH3 is 2. The molecule has 5 aromatic rings. The Morgan fingerprint density at radius 1 is 1.00 bits per heavy atom. The monoisotopic (exact) mass is 592 g/mol. The van der Waals surface area contributed by atoms with Crippen molar-refractivity contribution in [3.05, 3.63) is 94.5 Å². The third-order valence-corrected chi connectivity index (χ3v) is 7.80. The maximum absolute atomic E-state index is 13.4. The summed E-state index contributed by atoms with van der Waals surface area (Å²) in [7, 11) is 5.00. The summed E-state index contributed by atoms with van der Waals surface area (Å²) in [5.74, 6) is 1.21. The maximum atomic E-state index is 13.4. The van der Waals surface area contributed by atoms with Crippen LogP contribution in [-0.2, 0) is 11.8 Å². The molecule has 1 amide bonds. The van der Waals surface area contributed by atoms with Gasteiger partial charge in [-0.15, -0.1) is 0 Å². The Kier molecular flexibility index (Phi) is 7.58. The summed E-state index contributed by atoms with van der Waals surface area (Å²) >= 11 is 0. The van der Waals surface area contributed by atoms with E-state index in [1.54, 1.807) is 87.6 Å². The van der Waals surface area contributed by atoms with Crippen molar-refractivity contribution in [1.82, 2.24) is 24.3 Å². The van der Waals surface area contributed by atoms with Gasteiger partial charge in [0.1, 0.15) is 34.3 Å². The number of nitrogens with one attached hydrogen (secondary N) is 1. The largest absolute Gasteiger partial charge is 0.497 e. The molecule has 12 heteroatoms. The van der Waals surface area contributed by atoms with E-state index in [0.29, 0.717) is 45.5 Å². The van der Waals surface area contributed by atoms with E-state index in [2.05, 4.69) is 15.2 Å². The summed E-state index contributed by atoms with van der Waals surface area (Å²) < 4.78 is 13.8. The molecule has 0 radical (unpaired) electrons. The minimum absolute atomic E-state index is 0.0490. The molecule has 0 aliphatic carbocycles. The molecule has 0 bridgehead atoms. The highest BCUT2D eigenvalue weighted by Crippen LogP contribution is 2.28. The molecule has 0 spiro atoms. The number of anilines is 3. The molecule has 4 heterocycles. The van der Waals surface area contributed by atoms with E-state index in [0.717, 1.165) is 18.9 Å². The lowest BCUT2D eigenvalue weighted by molar-refractivity contribution is 0.0783. The number of benzene rings is 2. The third kappa shape index (κ3) is 5.26. The van der Waals surface area contributed by atoms with Crippen LogP contribution in [-0.4, -0.2) is 63.6 Å². The Labute approximate surface area is 253 Å². The summed E-state index contributed by atoms with van der Waals surface area (Å²) in [6.07, 6.45) is 1.82. The van der Waals surface area contributed by atoms with Crippen molar-refractivity contribution in [3.63, 3.8) is 0 Å². The number of hydrogen-bond donors (Lipinski definition) is 2. The predicted molar refractivity (Wildman–Crippen MR) is 168 cm³/mol. The highest BCUT2D eigenvalue weighted by molar-refractivity contribution is 6.05. The van der Waals surface area contributed by atoms with Crippen molar-refractivity contribution < 1.29 is 14.3 Å². The molecular weight excluding hydrogens is 560 g/mol. The molecule has 3 aromatic heterocycles. The van der Waals surface area contributed by atoms with Gasteiger partial charge >= 0.3 is 0 Å². The number of carbonyl (C=O) groups excluding carboxylic acids is 1. The normalized spacial score (nSPS) is 13.0. The fourth-order valence-corrected chi connectivity index (χ4v) is 5.16. The maximum Gasteiger partial charge on any atom is 0.284 e. The zero-order valence-corrected chi connectivity index (χ0v) is 24.8. The van der Waals surface area contributed by atoms with Gasteiger partial charge in [0.05, 0.1) is 36.5 Å². The van der Waals surface area contributed by atoms with Gasteiger partial charge in [-0.3, -0.25) is 14.3 Å². The van der Waals surface area contributed by atoms with Crippen LogP contribution >= 0.6 is 0 Å². The summed E-state index contributed by atoms with van der Waals surface area (Å²) in [4.78, 5) is 42.7. The van der Waals surface area contributed by atoms with Gasteiger partial charge in [-0.05, 0) is 43.3 Å². The Balaban J connectivity index is 1.22. The first-order valence-electron chi connectivity index (χ1n) is 14.0. The number of ether oxygens (including phenoxy) is 2. The average Bonchev–Trinajstić information content (AvgIpc) is 3.24. The fourth-order valence-electron chi connectivity index (χ4n) is 5.16. The van der Waals surface area contributed by atoms with Crippen LogP contribution in [0.3, 0.4) is 0 Å². The Bertz CT molecular complexity index is 1910. The number of rotatable bonds is 8. The molecule has 0 unspecified atom stereocenters. The van der Waals surface area contributed by atoms with Crippen molar-refractivity contribution in [3.8, 4) is 34.1 Å². The van der Waals surface area contributed by atoms with Gasteiger partial charge in [0.25, 0.3) is 11.5 Å². The zero-order chi connectivity index (χ0) is 31.0. The smallest absolute Gasteiger partial charge is 0.284 e. The highest BCUT2D eigenvalue weighted by Gasteiger charge is 2.28. The lowest BCUT2D eigenvalue weighted by atomic mass is 10.1. The number of aromatic nitrogens is 5. The van der Waals surface area contributed by atoms with Gasteiger partial charge in [-0.1, -0.05) is 24.3 Å². The molecule has 1 fully saturated rings. The van der Waals surface area contributed by atoms with Crippen LogP contribution in [0.5, 0.6) is 5.75 Å². The average molecular weight is 593 g/mol. The second-order valence-corrected chi connectivity index (χ2v) is 10.5. The van der Waals surface area contributed by atoms with Crippen LogP contribution in [0.2, 0.25) is 0 Å². The number of nitrogen functional groups attached to an aromatic ring is 1. The van der Waals surface area contributed by atoms with Crippen LogP contribution < -0.4 is 26.2 Å². The van der Waals surface area contributed by atoms with Crippen LogP contribution in [0.25, 0.3) is 28.3 Å². The highest BCUT2D eigenvalue weighted by atomic mass is 16.5. The first-order chi connectivity index (χ1) is 21.3. The van der Waals surface area contributed by atoms with E-state index < -0.39 is 11.5 Å². The van der Waals surface area contributed by atoms with Crippen LogP contribution in [0, 0.1) is 6.92 Å². The lowest BCUT2D eigenvalue weighted by Crippen LogP contribution is -2.52. The lowest BCUT2D eigenvalue weighted by Gasteiger charge is -2.39. The molecule has 6 rings (SSSR count). The first kappa shape index (κ1) is 28.6. The quantitative estimate of drug-likeness (QED) is 0.276. The van der Waals surface area contributed by atoms with Gasteiger partial charge in [0.2, 0.25) is 0 Å². The summed E-state index contributed by atoms with van der Waals surface area (Å²) in [6.45, 7) is 3.31. The Hall–Kier alpha value is -5.49. The number of nitrogens with two attached hydrogens (primary N) is 1. The van der Waals surface area contributed by atoms with E-state index in [1.807, 2.05) is 18.2 Å². The molecule has 3 N–H and O–H groups in total. The van der Waals surface area contributed by atoms with Crippen molar-refractivity contribution in [2.24, 2.45) is 7.05 Å². The van der Waals surface area contributed by atoms with Crippen LogP contribution in [0.1, 0.15) is 16.1 Å². The van der Waals surface area contributed by atoms with Gasteiger partial charge in [-0.25, -0.2) is 19.6 Å². The molecule has 0 saturated carbocycles. The van der Waals surface area contributed by atoms with Gasteiger partial charge in [-0.2, -0.15) is 0 Å². The Morgan fingerprint density at radius 2 is 1.75 bits per heavy atom. The molecule has 224 valence electrons. The van der Waals surface area contributed by atoms with Gasteiger partial charge in [0.15, 0.2) is 0 Å². The molecule has 44 heavy (non-hydrogen) atoms. The summed E-state index contributed by atoms with van der Waals surface area (Å²) in [6, 6.07) is 19.9. The van der Waals surface area contributed by atoms with Crippen molar-refractivity contribution >= 4 is 23.2 Å². The minimum atomic E-state index is -0.510. The summed E-state index contributed by atoms with van der Waals surface area (Å²) in [5, 5.41) is 2.84. The fraction of sp³-hybridized carbons (Fsp3) is 0.219. The number of amides is 1. The predicted octanol–water partition coefficient (Wildman–Crippen LogP) is 3.68. The van der Waals surface area contributed by atoms with Crippen molar-refractivity contribution in [1.29, 1.82) is 0 Å². The number of hydrogen-bond acceptors (Lipinski definition) is 9. The van der Waals surface area contributed by atoms with Gasteiger partial charge < -0.3 is 25.4 Å². The standard InChI is InChI=1S/C32H32N8O4/c1-19-28(32(42)40(38(19)2)22-7-5-8-23(15-22)43-3)31(41)35-21-13-11-20(12-14-21)29-30(33)34-16-26(37-29)25-9-6-10-27(36-25)39-17-24(18-39)44-4/h5-16,24H,17-18H2,1-4H3,(H2,33,34)(H,35,41). The van der Waals surface area contributed by atoms with Crippen LogP contribution in [0.4, 0.5) is 17.3 Å². The van der Waals surface area contributed by atoms with E-state index in [1.165, 1.54) is 4.68 Å². The SMILES string of the molecule is COc1cccc(-n2c(=O)c(C(=O)Nc3ccc(-c4nc(-c5cccc(N6CC(OC)C6)n5)cnc4N)cc3)c(C)n2C)c1. The Morgan fingerprint density at radius 3 is 2.48 bits per heavy atom. The van der Waals surface area contributed by atoms with Gasteiger partial charge in [0, 0.05) is 44.6 Å². The second-order valence-electron chi connectivity index (χ2n) is 10.5. The number of pyridine rings is 1. The third-order valence-electron chi connectivity index (χ3n) is 7.80. The molecule has 2 aromatic carbocycles. The number of carbonyl (C=O) groups is 1. The number of nitrogens with zero attached hydrogens (tertiary/aromatic N) is 6. The minimum Gasteiger partial charge on any atom is -0.497 e. The van der Waals surface area contributed by atoms with E-state index in [4.69, 9.17) is 25.2 Å². The first-order valence-corrected chi connectivity index (χ1v) is 14.0. The van der Waals surface area contributed by atoms with E-state index in [9.17, 15) is 9.59 Å². The molecule has 0 atom stereocenters. The molecule has 1 aliphatic heterocycles. The molecule has 12 nitrogen and oxygen atoms in total. The molecule has 1 aliphatic rings.